The van der Waals surface area contributed by atoms with E-state index < -0.39 is 0 Å². The van der Waals surface area contributed by atoms with Gasteiger partial charge in [0.2, 0.25) is 0 Å². The van der Waals surface area contributed by atoms with Crippen LogP contribution in [0, 0.1) is 0 Å². The van der Waals surface area contributed by atoms with E-state index in [1.165, 1.54) is 0 Å². The third-order valence-corrected chi connectivity index (χ3v) is 0.988. The van der Waals surface area contributed by atoms with Gasteiger partial charge in [-0.2, -0.15) is 12.6 Å². The Morgan fingerprint density at radius 2 is 1.50 bits per heavy atom. The summed E-state index contributed by atoms with van der Waals surface area (Å²) >= 11 is 4.34. The Labute approximate surface area is 69.6 Å². The van der Waals surface area contributed by atoms with Crippen LogP contribution in [0.3, 0.4) is 0 Å². The second kappa shape index (κ2) is 3.14. The summed E-state index contributed by atoms with van der Waals surface area (Å²) in [5, 5.41) is 0. The largest absolute Gasteiger partial charge is 0.374 e. The SMILES string of the molecule is CC(C)(S)COC(C)(C)C. The molecule has 0 rings (SSSR count). The maximum atomic E-state index is 5.52. The molecule has 0 amide bonds. The lowest BCUT2D eigenvalue weighted by Crippen LogP contribution is -2.28. The van der Waals surface area contributed by atoms with Crippen LogP contribution in [0.25, 0.3) is 0 Å². The van der Waals surface area contributed by atoms with Crippen LogP contribution in [0.5, 0.6) is 0 Å². The molecule has 0 aliphatic rings. The van der Waals surface area contributed by atoms with Gasteiger partial charge in [-0.1, -0.05) is 0 Å². The molecule has 2 heteroatoms. The Balaban J connectivity index is 3.56. The molecule has 0 aliphatic heterocycles. The third kappa shape index (κ3) is 8.31. The highest BCUT2D eigenvalue weighted by molar-refractivity contribution is 7.81. The van der Waals surface area contributed by atoms with Crippen molar-refractivity contribution in [3.05, 3.63) is 0 Å². The average Bonchev–Trinajstić information content (AvgIpc) is 1.57. The first-order chi connectivity index (χ1) is 4.21. The minimum atomic E-state index is -0.0417. The predicted molar refractivity (Wildman–Crippen MR) is 48.8 cm³/mol. The third-order valence-electron chi connectivity index (χ3n) is 0.858. The molecule has 0 saturated carbocycles. The van der Waals surface area contributed by atoms with Crippen LogP contribution in [-0.4, -0.2) is 17.0 Å². The van der Waals surface area contributed by atoms with E-state index in [2.05, 4.69) is 12.6 Å². The second-order valence-corrected chi connectivity index (χ2v) is 5.42. The van der Waals surface area contributed by atoms with Crippen molar-refractivity contribution in [3.63, 3.8) is 0 Å². The van der Waals surface area contributed by atoms with Gasteiger partial charge in [-0.25, -0.2) is 0 Å². The topological polar surface area (TPSA) is 9.23 Å². The molecule has 0 aromatic carbocycles. The smallest absolute Gasteiger partial charge is 0.0612 e. The van der Waals surface area contributed by atoms with Crippen LogP contribution >= 0.6 is 12.6 Å². The summed E-state index contributed by atoms with van der Waals surface area (Å²) in [6.07, 6.45) is 0. The highest BCUT2D eigenvalue weighted by Crippen LogP contribution is 2.16. The van der Waals surface area contributed by atoms with E-state index in [-0.39, 0.29) is 10.3 Å². The Bertz CT molecular complexity index is 82.8. The van der Waals surface area contributed by atoms with Gasteiger partial charge in [0, 0.05) is 4.75 Å². The zero-order valence-electron chi connectivity index (χ0n) is 7.56. The van der Waals surface area contributed by atoms with Gasteiger partial charge in [0.25, 0.3) is 0 Å². The zero-order chi connectivity index (χ0) is 8.41. The molecule has 0 heterocycles. The van der Waals surface area contributed by atoms with Gasteiger partial charge in [0.05, 0.1) is 12.2 Å². The van der Waals surface area contributed by atoms with Gasteiger partial charge >= 0.3 is 0 Å². The van der Waals surface area contributed by atoms with Gasteiger partial charge in [0.15, 0.2) is 0 Å². The summed E-state index contributed by atoms with van der Waals surface area (Å²) in [4.78, 5) is 0. The van der Waals surface area contributed by atoms with E-state index in [9.17, 15) is 0 Å². The Morgan fingerprint density at radius 3 is 1.60 bits per heavy atom. The quantitative estimate of drug-likeness (QED) is 0.614. The first-order valence-corrected chi connectivity index (χ1v) is 4.02. The molecule has 0 spiro atoms. The highest BCUT2D eigenvalue weighted by atomic mass is 32.1. The van der Waals surface area contributed by atoms with E-state index in [0.717, 1.165) is 0 Å². The van der Waals surface area contributed by atoms with E-state index in [1.807, 2.05) is 34.6 Å². The normalized spacial score (nSPS) is 13.8. The van der Waals surface area contributed by atoms with Crippen molar-refractivity contribution in [2.24, 2.45) is 0 Å². The number of thiol groups is 1. The fourth-order valence-corrected chi connectivity index (χ4v) is 0.458. The second-order valence-electron chi connectivity index (χ2n) is 4.21. The molecule has 0 N–H and O–H groups in total. The molecule has 0 radical (unpaired) electrons. The van der Waals surface area contributed by atoms with Crippen molar-refractivity contribution >= 4 is 12.6 Å². The first kappa shape index (κ1) is 10.3. The lowest BCUT2D eigenvalue weighted by Gasteiger charge is -2.25. The van der Waals surface area contributed by atoms with Crippen molar-refractivity contribution in [1.29, 1.82) is 0 Å². The molecule has 62 valence electrons. The maximum absolute atomic E-state index is 5.52. The van der Waals surface area contributed by atoms with E-state index >= 15 is 0 Å². The molecule has 0 aromatic heterocycles. The standard InChI is InChI=1S/C8H18OS/c1-7(2,3)9-6-8(4,5)10/h10H,6H2,1-5H3. The predicted octanol–water partition coefficient (Wildman–Crippen LogP) is 2.51. The summed E-state index contributed by atoms with van der Waals surface area (Å²) in [5.74, 6) is 0. The molecule has 0 atom stereocenters. The summed E-state index contributed by atoms with van der Waals surface area (Å²) in [5.41, 5.74) is -0.0417. The molecule has 1 nitrogen and oxygen atoms in total. The van der Waals surface area contributed by atoms with Crippen molar-refractivity contribution in [1.82, 2.24) is 0 Å². The molecule has 0 saturated heterocycles. The molecular formula is C8H18OS. The van der Waals surface area contributed by atoms with Crippen molar-refractivity contribution < 1.29 is 4.74 Å². The van der Waals surface area contributed by atoms with Crippen LogP contribution in [0.1, 0.15) is 34.6 Å². The van der Waals surface area contributed by atoms with Crippen LogP contribution < -0.4 is 0 Å². The first-order valence-electron chi connectivity index (χ1n) is 3.57. The zero-order valence-corrected chi connectivity index (χ0v) is 8.46. The Morgan fingerprint density at radius 1 is 1.10 bits per heavy atom. The average molecular weight is 162 g/mol. The molecule has 0 bridgehead atoms. The summed E-state index contributed by atoms with van der Waals surface area (Å²) in [6.45, 7) is 10.9. The maximum Gasteiger partial charge on any atom is 0.0612 e. The summed E-state index contributed by atoms with van der Waals surface area (Å²) < 4.78 is 5.50. The fourth-order valence-electron chi connectivity index (χ4n) is 0.393. The summed E-state index contributed by atoms with van der Waals surface area (Å²) in [6, 6.07) is 0. The van der Waals surface area contributed by atoms with Crippen LogP contribution in [-0.2, 0) is 4.74 Å². The number of hydrogen-bond acceptors (Lipinski definition) is 2. The van der Waals surface area contributed by atoms with Gasteiger partial charge in [-0.15, -0.1) is 0 Å². The van der Waals surface area contributed by atoms with Gasteiger partial charge in [0.1, 0.15) is 0 Å². The molecule has 10 heavy (non-hydrogen) atoms. The Hall–Kier alpha value is 0.310. The van der Waals surface area contributed by atoms with Crippen molar-refractivity contribution in [2.75, 3.05) is 6.61 Å². The van der Waals surface area contributed by atoms with Crippen LogP contribution in [0.4, 0.5) is 0 Å². The van der Waals surface area contributed by atoms with Crippen LogP contribution in [0.2, 0.25) is 0 Å². The molecule has 0 aromatic rings. The molecular weight excluding hydrogens is 144 g/mol. The summed E-state index contributed by atoms with van der Waals surface area (Å²) in [7, 11) is 0. The molecule has 0 unspecified atom stereocenters. The highest BCUT2D eigenvalue weighted by Gasteiger charge is 2.17. The van der Waals surface area contributed by atoms with E-state index in [1.54, 1.807) is 0 Å². The lowest BCUT2D eigenvalue weighted by molar-refractivity contribution is -0.0107. The number of rotatable bonds is 2. The van der Waals surface area contributed by atoms with E-state index in [4.69, 9.17) is 4.74 Å². The monoisotopic (exact) mass is 162 g/mol. The minimum Gasteiger partial charge on any atom is -0.374 e. The number of hydrogen-bond donors (Lipinski definition) is 1. The van der Waals surface area contributed by atoms with Gasteiger partial charge in [-0.3, -0.25) is 0 Å². The lowest BCUT2D eigenvalue weighted by atomic mass is 10.1. The van der Waals surface area contributed by atoms with Crippen molar-refractivity contribution in [2.45, 2.75) is 45.0 Å². The number of ether oxygens (including phenoxy) is 1. The Kier molecular flexibility index (Phi) is 3.24. The van der Waals surface area contributed by atoms with Gasteiger partial charge in [-0.05, 0) is 34.6 Å². The van der Waals surface area contributed by atoms with E-state index in [0.29, 0.717) is 6.61 Å². The molecule has 0 fully saturated rings. The van der Waals surface area contributed by atoms with Crippen molar-refractivity contribution in [3.8, 4) is 0 Å². The van der Waals surface area contributed by atoms with Crippen LogP contribution in [0.15, 0.2) is 0 Å². The minimum absolute atomic E-state index is 0.0206. The van der Waals surface area contributed by atoms with Gasteiger partial charge < -0.3 is 4.74 Å². The fraction of sp³-hybridized carbons (Fsp3) is 1.00. The molecule has 0 aliphatic carbocycles.